The maximum Gasteiger partial charge on any atom is 0.164 e. The lowest BCUT2D eigenvalue weighted by Crippen LogP contribution is -2.28. The summed E-state index contributed by atoms with van der Waals surface area (Å²) in [6.07, 6.45) is 0. The van der Waals surface area contributed by atoms with Crippen LogP contribution < -0.4 is 5.32 Å². The van der Waals surface area contributed by atoms with E-state index in [1.54, 1.807) is 0 Å². The van der Waals surface area contributed by atoms with Crippen LogP contribution in [0, 0.1) is 6.92 Å². The molecule has 0 radical (unpaired) electrons. The Balaban J connectivity index is 2.00. The van der Waals surface area contributed by atoms with E-state index < -0.39 is 0 Å². The molecule has 20 heavy (non-hydrogen) atoms. The zero-order valence-electron chi connectivity index (χ0n) is 11.3. The highest BCUT2D eigenvalue weighted by Gasteiger charge is 2.18. The topological polar surface area (TPSA) is 55.6 Å². The van der Waals surface area contributed by atoms with Crippen molar-refractivity contribution < 1.29 is 0 Å². The summed E-state index contributed by atoms with van der Waals surface area (Å²) in [7, 11) is 0. The summed E-state index contributed by atoms with van der Waals surface area (Å²) in [4.78, 5) is 4.59. The first kappa shape index (κ1) is 11.5. The number of aromatic nitrogens is 4. The monoisotopic (exact) mass is 265 g/mol. The van der Waals surface area contributed by atoms with Gasteiger partial charge in [-0.1, -0.05) is 18.2 Å². The number of aryl methyl sites for hydroxylation is 1. The molecule has 0 atom stereocenters. The van der Waals surface area contributed by atoms with Crippen molar-refractivity contribution in [3.05, 3.63) is 41.9 Å². The molecule has 1 N–H and O–H groups in total. The van der Waals surface area contributed by atoms with Gasteiger partial charge in [-0.05, 0) is 19.1 Å². The molecule has 0 unspecified atom stereocenters. The fraction of sp³-hybridized carbons (Fsp3) is 0.267. The number of hydrogen-bond acceptors (Lipinski definition) is 4. The van der Waals surface area contributed by atoms with Gasteiger partial charge in [0, 0.05) is 29.7 Å². The molecule has 0 amide bonds. The second-order valence-electron chi connectivity index (χ2n) is 5.10. The van der Waals surface area contributed by atoms with Gasteiger partial charge >= 0.3 is 0 Å². The number of nitrogens with zero attached hydrogens (tertiary/aromatic N) is 4. The molecule has 1 aliphatic rings. The van der Waals surface area contributed by atoms with Crippen molar-refractivity contribution in [2.45, 2.75) is 20.0 Å². The van der Waals surface area contributed by atoms with E-state index >= 15 is 0 Å². The van der Waals surface area contributed by atoms with Crippen LogP contribution in [0.1, 0.15) is 11.5 Å². The molecular formula is C15H15N5. The zero-order valence-corrected chi connectivity index (χ0v) is 11.3. The van der Waals surface area contributed by atoms with Crippen molar-refractivity contribution in [1.29, 1.82) is 0 Å². The molecular weight excluding hydrogens is 250 g/mol. The van der Waals surface area contributed by atoms with Gasteiger partial charge in [-0.3, -0.25) is 4.98 Å². The lowest BCUT2D eigenvalue weighted by atomic mass is 10.1. The minimum absolute atomic E-state index is 0.787. The van der Waals surface area contributed by atoms with E-state index in [4.69, 9.17) is 0 Å². The predicted octanol–water partition coefficient (Wildman–Crippen LogP) is 1.90. The van der Waals surface area contributed by atoms with E-state index in [1.165, 1.54) is 0 Å². The van der Waals surface area contributed by atoms with Gasteiger partial charge in [0.25, 0.3) is 0 Å². The van der Waals surface area contributed by atoms with E-state index in [-0.39, 0.29) is 0 Å². The lowest BCUT2D eigenvalue weighted by molar-refractivity contribution is 0.508. The highest BCUT2D eigenvalue weighted by molar-refractivity contribution is 5.92. The molecule has 0 saturated carbocycles. The molecule has 1 aliphatic heterocycles. The second kappa shape index (κ2) is 4.38. The SMILES string of the molecule is Cc1cc(-c2nnc3n2CCNC3)c2ccccc2n1. The summed E-state index contributed by atoms with van der Waals surface area (Å²) in [5, 5.41) is 13.2. The highest BCUT2D eigenvalue weighted by Crippen LogP contribution is 2.28. The van der Waals surface area contributed by atoms with Crippen LogP contribution in [-0.2, 0) is 13.1 Å². The summed E-state index contributed by atoms with van der Waals surface area (Å²) >= 11 is 0. The van der Waals surface area contributed by atoms with Crippen LogP contribution in [0.2, 0.25) is 0 Å². The lowest BCUT2D eigenvalue weighted by Gasteiger charge is -2.16. The molecule has 2 aromatic heterocycles. The van der Waals surface area contributed by atoms with E-state index in [2.05, 4.69) is 37.2 Å². The Hall–Kier alpha value is -2.27. The summed E-state index contributed by atoms with van der Waals surface area (Å²) in [5.41, 5.74) is 3.13. The number of nitrogens with one attached hydrogen (secondary N) is 1. The Morgan fingerprint density at radius 1 is 1.20 bits per heavy atom. The molecule has 0 bridgehead atoms. The predicted molar refractivity (Wildman–Crippen MR) is 77.2 cm³/mol. The minimum Gasteiger partial charge on any atom is -0.309 e. The van der Waals surface area contributed by atoms with Gasteiger partial charge in [0.05, 0.1) is 12.1 Å². The van der Waals surface area contributed by atoms with E-state index in [0.29, 0.717) is 0 Å². The third-order valence-electron chi connectivity index (χ3n) is 3.71. The van der Waals surface area contributed by atoms with Crippen LogP contribution in [0.15, 0.2) is 30.3 Å². The average Bonchev–Trinajstić information content (AvgIpc) is 2.90. The molecule has 5 nitrogen and oxygen atoms in total. The third-order valence-corrected chi connectivity index (χ3v) is 3.71. The summed E-state index contributed by atoms with van der Waals surface area (Å²) in [6, 6.07) is 10.3. The quantitative estimate of drug-likeness (QED) is 0.730. The number of hydrogen-bond donors (Lipinski definition) is 1. The fourth-order valence-corrected chi connectivity index (χ4v) is 2.78. The average molecular weight is 265 g/mol. The van der Waals surface area contributed by atoms with Gasteiger partial charge in [0.1, 0.15) is 5.82 Å². The molecule has 3 heterocycles. The molecule has 4 rings (SSSR count). The number of pyridine rings is 1. The van der Waals surface area contributed by atoms with Gasteiger partial charge in [0.15, 0.2) is 5.82 Å². The first-order chi connectivity index (χ1) is 9.83. The summed E-state index contributed by atoms with van der Waals surface area (Å²) < 4.78 is 2.21. The van der Waals surface area contributed by atoms with Crippen LogP contribution in [-0.4, -0.2) is 26.3 Å². The maximum absolute atomic E-state index is 4.59. The van der Waals surface area contributed by atoms with Crippen LogP contribution in [0.3, 0.4) is 0 Å². The zero-order chi connectivity index (χ0) is 13.5. The number of para-hydroxylation sites is 1. The Bertz CT molecular complexity index is 790. The van der Waals surface area contributed by atoms with E-state index in [9.17, 15) is 0 Å². The molecule has 0 spiro atoms. The smallest absolute Gasteiger partial charge is 0.164 e. The van der Waals surface area contributed by atoms with Crippen molar-refractivity contribution in [1.82, 2.24) is 25.1 Å². The Labute approximate surface area is 116 Å². The minimum atomic E-state index is 0.787. The Morgan fingerprint density at radius 2 is 2.10 bits per heavy atom. The highest BCUT2D eigenvalue weighted by atomic mass is 15.3. The summed E-state index contributed by atoms with van der Waals surface area (Å²) in [5.74, 6) is 1.95. The molecule has 100 valence electrons. The molecule has 1 aromatic carbocycles. The van der Waals surface area contributed by atoms with Crippen molar-refractivity contribution in [3.63, 3.8) is 0 Å². The van der Waals surface area contributed by atoms with Gasteiger partial charge in [-0.15, -0.1) is 10.2 Å². The van der Waals surface area contributed by atoms with Crippen LogP contribution >= 0.6 is 0 Å². The van der Waals surface area contributed by atoms with Gasteiger partial charge in [-0.2, -0.15) is 0 Å². The molecule has 3 aromatic rings. The number of fused-ring (bicyclic) bond motifs is 2. The largest absolute Gasteiger partial charge is 0.309 e. The normalized spacial score (nSPS) is 14.4. The van der Waals surface area contributed by atoms with Crippen molar-refractivity contribution in [2.24, 2.45) is 0 Å². The van der Waals surface area contributed by atoms with Crippen LogP contribution in [0.5, 0.6) is 0 Å². The van der Waals surface area contributed by atoms with Crippen molar-refractivity contribution in [2.75, 3.05) is 6.54 Å². The Kier molecular flexibility index (Phi) is 2.53. The van der Waals surface area contributed by atoms with Crippen LogP contribution in [0.4, 0.5) is 0 Å². The standard InChI is InChI=1S/C15H15N5/c1-10-8-12(11-4-2-3-5-13(11)17-10)15-19-18-14-9-16-6-7-20(14)15/h2-5,8,16H,6-7,9H2,1H3. The van der Waals surface area contributed by atoms with Gasteiger partial charge < -0.3 is 9.88 Å². The van der Waals surface area contributed by atoms with E-state index in [0.717, 1.165) is 53.4 Å². The Morgan fingerprint density at radius 3 is 3.05 bits per heavy atom. The van der Waals surface area contributed by atoms with Gasteiger partial charge in [0.2, 0.25) is 0 Å². The number of benzene rings is 1. The van der Waals surface area contributed by atoms with Crippen LogP contribution in [0.25, 0.3) is 22.3 Å². The second-order valence-corrected chi connectivity index (χ2v) is 5.10. The molecule has 0 fully saturated rings. The van der Waals surface area contributed by atoms with Crippen molar-refractivity contribution >= 4 is 10.9 Å². The molecule has 0 aliphatic carbocycles. The summed E-state index contributed by atoms with van der Waals surface area (Å²) in [6.45, 7) is 4.67. The molecule has 0 saturated heterocycles. The number of rotatable bonds is 1. The fourth-order valence-electron chi connectivity index (χ4n) is 2.78. The van der Waals surface area contributed by atoms with E-state index in [1.807, 2.05) is 25.1 Å². The van der Waals surface area contributed by atoms with Crippen molar-refractivity contribution in [3.8, 4) is 11.4 Å². The maximum atomic E-state index is 4.59. The van der Waals surface area contributed by atoms with Gasteiger partial charge in [-0.25, -0.2) is 0 Å². The molecule has 5 heteroatoms. The third kappa shape index (κ3) is 1.71. The first-order valence-electron chi connectivity index (χ1n) is 6.82. The first-order valence-corrected chi connectivity index (χ1v) is 6.82.